The number of nitrogens with one attached hydrogen (secondary N) is 2. The van der Waals surface area contributed by atoms with E-state index >= 15 is 0 Å². The number of hydroxylamine groups is 1. The summed E-state index contributed by atoms with van der Waals surface area (Å²) in [6.07, 6.45) is 0. The molecule has 0 saturated carbocycles. The van der Waals surface area contributed by atoms with E-state index in [4.69, 9.17) is 4.84 Å². The molecule has 0 bridgehead atoms. The Kier molecular flexibility index (Phi) is 3.20. The number of carbonyl (C=O) groups is 1. The first kappa shape index (κ1) is 11.3. The Morgan fingerprint density at radius 2 is 2.18 bits per heavy atom. The highest BCUT2D eigenvalue weighted by molar-refractivity contribution is 5.95. The Morgan fingerprint density at radius 1 is 1.41 bits per heavy atom. The fourth-order valence-corrected chi connectivity index (χ4v) is 1.53. The molecular formula is C12H12N2O3. The molecule has 5 heteroatoms. The minimum atomic E-state index is -0.463. The number of pyridine rings is 1. The van der Waals surface area contributed by atoms with Crippen molar-refractivity contribution in [3.8, 4) is 0 Å². The van der Waals surface area contributed by atoms with Gasteiger partial charge in [0.1, 0.15) is 5.69 Å². The second-order valence-corrected chi connectivity index (χ2v) is 3.46. The molecule has 0 spiro atoms. The van der Waals surface area contributed by atoms with Gasteiger partial charge in [-0.2, -0.15) is 0 Å². The lowest BCUT2D eigenvalue weighted by Gasteiger charge is -2.04. The molecule has 0 atom stereocenters. The standard InChI is InChI=1S/C12H12N2O3/c1-2-17-14-12(16)10-7-8-5-3-4-6-9(8)11(15)13-10/h3-7H,2H2,1H3,(H,13,15)(H,14,16). The Bertz CT molecular complexity index is 604. The van der Waals surface area contributed by atoms with Crippen LogP contribution >= 0.6 is 0 Å². The van der Waals surface area contributed by atoms with Crippen molar-refractivity contribution in [1.82, 2.24) is 10.5 Å². The molecular weight excluding hydrogens is 220 g/mol. The van der Waals surface area contributed by atoms with Crippen molar-refractivity contribution in [1.29, 1.82) is 0 Å². The first-order chi connectivity index (χ1) is 8.22. The van der Waals surface area contributed by atoms with Crippen molar-refractivity contribution in [2.75, 3.05) is 6.61 Å². The molecule has 88 valence electrons. The van der Waals surface area contributed by atoms with Crippen LogP contribution in [0.4, 0.5) is 0 Å². The number of hydrogen-bond acceptors (Lipinski definition) is 3. The van der Waals surface area contributed by atoms with Crippen LogP contribution in [0.3, 0.4) is 0 Å². The van der Waals surface area contributed by atoms with Crippen LogP contribution in [0.1, 0.15) is 17.4 Å². The number of aromatic nitrogens is 1. The highest BCUT2D eigenvalue weighted by Gasteiger charge is 2.08. The number of amides is 1. The fourth-order valence-electron chi connectivity index (χ4n) is 1.53. The Hall–Kier alpha value is -2.14. The third-order valence-corrected chi connectivity index (χ3v) is 2.31. The number of H-pyrrole nitrogens is 1. The fraction of sp³-hybridized carbons (Fsp3) is 0.167. The molecule has 5 nitrogen and oxygen atoms in total. The molecule has 0 aliphatic heterocycles. The molecule has 0 saturated heterocycles. The molecule has 1 heterocycles. The number of fused-ring (bicyclic) bond motifs is 1. The predicted octanol–water partition coefficient (Wildman–Crippen LogP) is 1.21. The molecule has 1 amide bonds. The van der Waals surface area contributed by atoms with Gasteiger partial charge in [0.2, 0.25) is 0 Å². The summed E-state index contributed by atoms with van der Waals surface area (Å²) in [6.45, 7) is 2.12. The van der Waals surface area contributed by atoms with Gasteiger partial charge in [0.15, 0.2) is 0 Å². The molecule has 2 rings (SSSR count). The summed E-state index contributed by atoms with van der Waals surface area (Å²) in [5.74, 6) is -0.463. The lowest BCUT2D eigenvalue weighted by atomic mass is 10.1. The van der Waals surface area contributed by atoms with Crippen molar-refractivity contribution in [3.63, 3.8) is 0 Å². The van der Waals surface area contributed by atoms with Gasteiger partial charge in [0, 0.05) is 5.39 Å². The van der Waals surface area contributed by atoms with Gasteiger partial charge in [0.25, 0.3) is 11.5 Å². The molecule has 0 aliphatic carbocycles. The molecule has 0 radical (unpaired) electrons. The van der Waals surface area contributed by atoms with Gasteiger partial charge in [-0.25, -0.2) is 5.48 Å². The van der Waals surface area contributed by atoms with Crippen molar-refractivity contribution >= 4 is 16.7 Å². The Morgan fingerprint density at radius 3 is 2.94 bits per heavy atom. The monoisotopic (exact) mass is 232 g/mol. The van der Waals surface area contributed by atoms with Crippen LogP contribution in [-0.4, -0.2) is 17.5 Å². The van der Waals surface area contributed by atoms with Crippen LogP contribution in [0, 0.1) is 0 Å². The smallest absolute Gasteiger partial charge is 0.291 e. The average molecular weight is 232 g/mol. The summed E-state index contributed by atoms with van der Waals surface area (Å²) in [4.78, 5) is 30.6. The topological polar surface area (TPSA) is 71.2 Å². The van der Waals surface area contributed by atoms with Crippen LogP contribution in [0.2, 0.25) is 0 Å². The third kappa shape index (κ3) is 2.34. The van der Waals surface area contributed by atoms with E-state index < -0.39 is 5.91 Å². The molecule has 1 aromatic heterocycles. The maximum absolute atomic E-state index is 11.7. The highest BCUT2D eigenvalue weighted by Crippen LogP contribution is 2.09. The second-order valence-electron chi connectivity index (χ2n) is 3.46. The first-order valence-corrected chi connectivity index (χ1v) is 5.26. The van der Waals surface area contributed by atoms with Gasteiger partial charge in [-0.3, -0.25) is 14.4 Å². The maximum Gasteiger partial charge on any atom is 0.291 e. The zero-order chi connectivity index (χ0) is 12.3. The molecule has 17 heavy (non-hydrogen) atoms. The summed E-state index contributed by atoms with van der Waals surface area (Å²) >= 11 is 0. The molecule has 0 unspecified atom stereocenters. The number of aromatic amines is 1. The minimum absolute atomic E-state index is 0.183. The molecule has 0 aliphatic rings. The van der Waals surface area contributed by atoms with Gasteiger partial charge >= 0.3 is 0 Å². The first-order valence-electron chi connectivity index (χ1n) is 5.26. The van der Waals surface area contributed by atoms with Gasteiger partial charge in [-0.15, -0.1) is 0 Å². The number of rotatable bonds is 3. The minimum Gasteiger partial charge on any atom is -0.317 e. The number of hydrogen-bond donors (Lipinski definition) is 2. The van der Waals surface area contributed by atoms with Gasteiger partial charge in [-0.05, 0) is 24.4 Å². The number of carbonyl (C=O) groups excluding carboxylic acids is 1. The molecule has 2 aromatic rings. The van der Waals surface area contributed by atoms with Crippen molar-refractivity contribution in [3.05, 3.63) is 46.4 Å². The van der Waals surface area contributed by atoms with Crippen LogP contribution < -0.4 is 11.0 Å². The molecule has 0 fully saturated rings. The van der Waals surface area contributed by atoms with E-state index in [-0.39, 0.29) is 11.3 Å². The van der Waals surface area contributed by atoms with Crippen molar-refractivity contribution < 1.29 is 9.63 Å². The van der Waals surface area contributed by atoms with E-state index in [0.29, 0.717) is 12.0 Å². The zero-order valence-electron chi connectivity index (χ0n) is 9.32. The average Bonchev–Trinajstić information content (AvgIpc) is 2.36. The summed E-state index contributed by atoms with van der Waals surface area (Å²) in [5, 5.41) is 1.28. The summed E-state index contributed by atoms with van der Waals surface area (Å²) < 4.78 is 0. The van der Waals surface area contributed by atoms with E-state index in [1.807, 2.05) is 6.07 Å². The lowest BCUT2D eigenvalue weighted by molar-refractivity contribution is 0.0360. The zero-order valence-corrected chi connectivity index (χ0v) is 9.32. The van der Waals surface area contributed by atoms with Crippen LogP contribution in [0.5, 0.6) is 0 Å². The molecule has 2 N–H and O–H groups in total. The summed E-state index contributed by atoms with van der Waals surface area (Å²) in [7, 11) is 0. The van der Waals surface area contributed by atoms with Gasteiger partial charge < -0.3 is 4.98 Å². The number of benzene rings is 1. The van der Waals surface area contributed by atoms with E-state index in [0.717, 1.165) is 5.39 Å². The van der Waals surface area contributed by atoms with Crippen LogP contribution in [-0.2, 0) is 4.84 Å². The SMILES string of the molecule is CCONC(=O)c1cc2ccccc2c(=O)[nH]1. The van der Waals surface area contributed by atoms with Crippen molar-refractivity contribution in [2.45, 2.75) is 6.92 Å². The predicted molar refractivity (Wildman–Crippen MR) is 63.7 cm³/mol. The highest BCUT2D eigenvalue weighted by atomic mass is 16.6. The lowest BCUT2D eigenvalue weighted by Crippen LogP contribution is -2.26. The van der Waals surface area contributed by atoms with Crippen LogP contribution in [0.15, 0.2) is 35.1 Å². The summed E-state index contributed by atoms with van der Waals surface area (Å²) in [5.41, 5.74) is 2.13. The molecule has 1 aromatic carbocycles. The Balaban J connectivity index is 2.43. The van der Waals surface area contributed by atoms with Crippen LogP contribution in [0.25, 0.3) is 10.8 Å². The summed E-state index contributed by atoms with van der Waals surface area (Å²) in [6, 6.07) is 8.69. The maximum atomic E-state index is 11.7. The normalized spacial score (nSPS) is 10.4. The second kappa shape index (κ2) is 4.80. The Labute approximate surface area is 97.4 Å². The van der Waals surface area contributed by atoms with E-state index in [1.165, 1.54) is 0 Å². The van der Waals surface area contributed by atoms with E-state index in [1.54, 1.807) is 31.2 Å². The van der Waals surface area contributed by atoms with E-state index in [9.17, 15) is 9.59 Å². The quantitative estimate of drug-likeness (QED) is 0.781. The third-order valence-electron chi connectivity index (χ3n) is 2.31. The van der Waals surface area contributed by atoms with Gasteiger partial charge in [0.05, 0.1) is 6.61 Å². The van der Waals surface area contributed by atoms with E-state index in [2.05, 4.69) is 10.5 Å². The van der Waals surface area contributed by atoms with Gasteiger partial charge in [-0.1, -0.05) is 18.2 Å². The largest absolute Gasteiger partial charge is 0.317 e. The van der Waals surface area contributed by atoms with Crippen molar-refractivity contribution in [2.24, 2.45) is 0 Å².